The summed E-state index contributed by atoms with van der Waals surface area (Å²) in [6, 6.07) is 8.24. The summed E-state index contributed by atoms with van der Waals surface area (Å²) in [7, 11) is 0. The van der Waals surface area contributed by atoms with Gasteiger partial charge in [-0.2, -0.15) is 0 Å². The molecule has 25 heavy (non-hydrogen) atoms. The molecule has 0 saturated carbocycles. The Kier molecular flexibility index (Phi) is 15.8. The normalized spacial score (nSPS) is 10.4. The van der Waals surface area contributed by atoms with Crippen LogP contribution in [0.1, 0.15) is 102 Å². The summed E-state index contributed by atoms with van der Waals surface area (Å²) >= 11 is 0. The van der Waals surface area contributed by atoms with Gasteiger partial charge in [0, 0.05) is 0 Å². The molecule has 0 unspecified atom stereocenters. The molecule has 1 rings (SSSR count). The standard InChI is InChI=1S/C22H38N2.ClH/c1-2-3-4-5-6-7-8-9-10-11-12-13-14-17-20-18-15-16-19-21(20)22(23)24;/h15-16,18-19H,2-14,17H2,1H3,(H3,23,24);1H. The fraction of sp³-hybridized carbons (Fsp3) is 0.682. The molecular weight excluding hydrogens is 328 g/mol. The summed E-state index contributed by atoms with van der Waals surface area (Å²) in [5, 5.41) is 5.75. The minimum absolute atomic E-state index is 0. The SMILES string of the molecule is CCCCCCCCCCCCCCCc1ccccc1C(N)=[NH2+].[Cl-]. The van der Waals surface area contributed by atoms with E-state index in [1.807, 2.05) is 12.1 Å². The second-order valence-corrected chi connectivity index (χ2v) is 7.11. The Balaban J connectivity index is 0.00000576. The first-order valence-corrected chi connectivity index (χ1v) is 10.2. The number of nitrogens with two attached hydrogens (primary N) is 2. The lowest BCUT2D eigenvalue weighted by Gasteiger charge is -2.06. The highest BCUT2D eigenvalue weighted by atomic mass is 35.5. The molecule has 0 radical (unpaired) electrons. The van der Waals surface area contributed by atoms with Crippen LogP contribution in [0.4, 0.5) is 0 Å². The highest BCUT2D eigenvalue weighted by Gasteiger charge is 2.07. The van der Waals surface area contributed by atoms with Gasteiger partial charge in [-0.25, -0.2) is 0 Å². The van der Waals surface area contributed by atoms with Gasteiger partial charge in [-0.15, -0.1) is 0 Å². The van der Waals surface area contributed by atoms with Gasteiger partial charge in [-0.05, 0) is 24.5 Å². The zero-order chi connectivity index (χ0) is 17.5. The number of rotatable bonds is 15. The van der Waals surface area contributed by atoms with Crippen molar-refractivity contribution >= 4 is 5.84 Å². The van der Waals surface area contributed by atoms with E-state index in [0.717, 1.165) is 12.0 Å². The summed E-state index contributed by atoms with van der Waals surface area (Å²) in [6.07, 6.45) is 19.2. The van der Waals surface area contributed by atoms with E-state index in [1.165, 1.54) is 89.0 Å². The molecule has 0 bridgehead atoms. The maximum Gasteiger partial charge on any atom is 0.270 e. The predicted octanol–water partition coefficient (Wildman–Crippen LogP) is 1.79. The molecule has 0 aliphatic rings. The average molecular weight is 367 g/mol. The Labute approximate surface area is 161 Å². The first kappa shape index (κ1) is 24.0. The predicted molar refractivity (Wildman–Crippen MR) is 106 cm³/mol. The molecule has 0 aliphatic carbocycles. The van der Waals surface area contributed by atoms with Gasteiger partial charge in [0.2, 0.25) is 0 Å². The summed E-state index contributed by atoms with van der Waals surface area (Å²) in [6.45, 7) is 2.28. The van der Waals surface area contributed by atoms with Gasteiger partial charge in [-0.1, -0.05) is 102 Å². The fourth-order valence-corrected chi connectivity index (χ4v) is 3.35. The monoisotopic (exact) mass is 366 g/mol. The van der Waals surface area contributed by atoms with Crippen molar-refractivity contribution < 1.29 is 17.8 Å². The maximum absolute atomic E-state index is 5.75. The van der Waals surface area contributed by atoms with Crippen LogP contribution in [0.3, 0.4) is 0 Å². The highest BCUT2D eigenvalue weighted by Crippen LogP contribution is 2.15. The second kappa shape index (κ2) is 16.4. The van der Waals surface area contributed by atoms with Gasteiger partial charge in [0.1, 0.15) is 0 Å². The maximum atomic E-state index is 5.75. The molecule has 3 heteroatoms. The third-order valence-corrected chi connectivity index (χ3v) is 4.88. The molecule has 0 amide bonds. The van der Waals surface area contributed by atoms with Crippen molar-refractivity contribution in [2.45, 2.75) is 96.8 Å². The number of benzene rings is 1. The molecule has 0 aliphatic heterocycles. The summed E-state index contributed by atoms with van der Waals surface area (Å²) in [5.41, 5.74) is 8.07. The molecule has 0 heterocycles. The Morgan fingerprint density at radius 1 is 0.760 bits per heavy atom. The van der Waals surface area contributed by atoms with Crippen molar-refractivity contribution in [3.63, 3.8) is 0 Å². The molecular formula is C22H39ClN2. The van der Waals surface area contributed by atoms with Crippen molar-refractivity contribution in [2.24, 2.45) is 5.73 Å². The van der Waals surface area contributed by atoms with E-state index in [-0.39, 0.29) is 12.4 Å². The largest absolute Gasteiger partial charge is 1.00 e. The molecule has 1 aromatic carbocycles. The lowest BCUT2D eigenvalue weighted by molar-refractivity contribution is -0.114. The molecule has 0 atom stereocenters. The minimum atomic E-state index is 0. The van der Waals surface area contributed by atoms with E-state index in [9.17, 15) is 0 Å². The molecule has 2 nitrogen and oxygen atoms in total. The summed E-state index contributed by atoms with van der Waals surface area (Å²) in [5.74, 6) is 0.445. The van der Waals surface area contributed by atoms with Crippen LogP contribution >= 0.6 is 0 Å². The summed E-state index contributed by atoms with van der Waals surface area (Å²) < 4.78 is 0. The van der Waals surface area contributed by atoms with Gasteiger partial charge >= 0.3 is 0 Å². The molecule has 0 saturated heterocycles. The van der Waals surface area contributed by atoms with Crippen molar-refractivity contribution in [3.05, 3.63) is 35.4 Å². The zero-order valence-electron chi connectivity index (χ0n) is 16.2. The summed E-state index contributed by atoms with van der Waals surface area (Å²) in [4.78, 5) is 0. The van der Waals surface area contributed by atoms with E-state index in [1.54, 1.807) is 0 Å². The van der Waals surface area contributed by atoms with Gasteiger partial charge in [0.15, 0.2) is 0 Å². The van der Waals surface area contributed by atoms with Crippen molar-refractivity contribution in [1.82, 2.24) is 0 Å². The Morgan fingerprint density at radius 3 is 1.68 bits per heavy atom. The lowest BCUT2D eigenvalue weighted by Crippen LogP contribution is -3.00. The van der Waals surface area contributed by atoms with Crippen molar-refractivity contribution in [1.29, 1.82) is 0 Å². The van der Waals surface area contributed by atoms with E-state index in [0.29, 0.717) is 5.84 Å². The lowest BCUT2D eigenvalue weighted by atomic mass is 9.99. The minimum Gasteiger partial charge on any atom is -1.00 e. The average Bonchev–Trinajstić information content (AvgIpc) is 2.59. The number of hydrogen-bond acceptors (Lipinski definition) is 0. The first-order chi connectivity index (χ1) is 11.8. The van der Waals surface area contributed by atoms with Gasteiger partial charge in [-0.3, -0.25) is 11.1 Å². The van der Waals surface area contributed by atoms with E-state index >= 15 is 0 Å². The van der Waals surface area contributed by atoms with Crippen LogP contribution in [0.25, 0.3) is 0 Å². The first-order valence-electron chi connectivity index (χ1n) is 10.2. The van der Waals surface area contributed by atoms with Crippen LogP contribution < -0.4 is 23.5 Å². The van der Waals surface area contributed by atoms with Crippen LogP contribution in [-0.4, -0.2) is 5.84 Å². The van der Waals surface area contributed by atoms with Crippen molar-refractivity contribution in [3.8, 4) is 0 Å². The topological polar surface area (TPSA) is 51.6 Å². The highest BCUT2D eigenvalue weighted by molar-refractivity contribution is 5.94. The molecule has 0 aromatic heterocycles. The Hall–Kier alpha value is -1.02. The fourth-order valence-electron chi connectivity index (χ4n) is 3.35. The zero-order valence-corrected chi connectivity index (χ0v) is 17.0. The van der Waals surface area contributed by atoms with Crippen LogP contribution in [0.15, 0.2) is 24.3 Å². The number of unbranched alkanes of at least 4 members (excludes halogenated alkanes) is 12. The van der Waals surface area contributed by atoms with Crippen LogP contribution in [-0.2, 0) is 6.42 Å². The third kappa shape index (κ3) is 12.0. The Bertz CT molecular complexity index is 445. The second-order valence-electron chi connectivity index (χ2n) is 7.11. The molecule has 0 spiro atoms. The van der Waals surface area contributed by atoms with Gasteiger partial charge in [0.05, 0.1) is 5.56 Å². The van der Waals surface area contributed by atoms with E-state index < -0.39 is 0 Å². The smallest absolute Gasteiger partial charge is 0.270 e. The number of halogens is 1. The van der Waals surface area contributed by atoms with E-state index in [4.69, 9.17) is 11.1 Å². The Morgan fingerprint density at radius 2 is 1.20 bits per heavy atom. The van der Waals surface area contributed by atoms with Crippen LogP contribution in [0.5, 0.6) is 0 Å². The van der Waals surface area contributed by atoms with E-state index in [2.05, 4.69) is 19.1 Å². The number of hydrogen-bond donors (Lipinski definition) is 2. The number of amidine groups is 1. The van der Waals surface area contributed by atoms with Gasteiger partial charge < -0.3 is 12.4 Å². The molecule has 1 aromatic rings. The van der Waals surface area contributed by atoms with Gasteiger partial charge in [0.25, 0.3) is 5.84 Å². The number of aryl methyl sites for hydroxylation is 1. The molecule has 0 fully saturated rings. The molecule has 4 N–H and O–H groups in total. The van der Waals surface area contributed by atoms with Crippen LogP contribution in [0.2, 0.25) is 0 Å². The van der Waals surface area contributed by atoms with Crippen molar-refractivity contribution in [2.75, 3.05) is 0 Å². The van der Waals surface area contributed by atoms with Crippen LogP contribution in [0, 0.1) is 0 Å². The molecule has 144 valence electrons. The third-order valence-electron chi connectivity index (χ3n) is 4.88. The quantitative estimate of drug-likeness (QED) is 0.277.